The molecule has 1 N–H and O–H groups in total. The Morgan fingerprint density at radius 1 is 1.06 bits per heavy atom. The van der Waals surface area contributed by atoms with Gasteiger partial charge in [0.05, 0.1) is 0 Å². The van der Waals surface area contributed by atoms with E-state index in [-0.39, 0.29) is 0 Å². The third-order valence-corrected chi connectivity index (χ3v) is 4.90. The standard InChI is InChI=1S/C14H19NS/c1-2-5-12-9-14(8-11(12)4-1)15-13-6-3-7-16-10-13/h1-2,4-5,13-15H,3,6-10H2. The van der Waals surface area contributed by atoms with E-state index in [2.05, 4.69) is 41.3 Å². The van der Waals surface area contributed by atoms with Crippen LogP contribution >= 0.6 is 11.8 Å². The summed E-state index contributed by atoms with van der Waals surface area (Å²) in [4.78, 5) is 0. The molecular weight excluding hydrogens is 214 g/mol. The van der Waals surface area contributed by atoms with Crippen molar-refractivity contribution in [1.82, 2.24) is 5.32 Å². The minimum atomic E-state index is 0.695. The smallest absolute Gasteiger partial charge is 0.0161 e. The van der Waals surface area contributed by atoms with E-state index >= 15 is 0 Å². The zero-order chi connectivity index (χ0) is 10.8. The molecule has 86 valence electrons. The summed E-state index contributed by atoms with van der Waals surface area (Å²) in [5.41, 5.74) is 3.12. The van der Waals surface area contributed by atoms with Crippen molar-refractivity contribution in [2.45, 2.75) is 37.8 Å². The maximum Gasteiger partial charge on any atom is 0.0161 e. The van der Waals surface area contributed by atoms with Crippen molar-refractivity contribution >= 4 is 11.8 Å². The molecule has 1 aliphatic carbocycles. The van der Waals surface area contributed by atoms with Gasteiger partial charge in [-0.2, -0.15) is 11.8 Å². The van der Waals surface area contributed by atoms with Crippen molar-refractivity contribution in [3.63, 3.8) is 0 Å². The molecule has 0 bridgehead atoms. The van der Waals surface area contributed by atoms with Crippen molar-refractivity contribution < 1.29 is 0 Å². The van der Waals surface area contributed by atoms with Crippen LogP contribution in [0.15, 0.2) is 24.3 Å². The summed E-state index contributed by atoms with van der Waals surface area (Å²) in [6.07, 6.45) is 5.23. The van der Waals surface area contributed by atoms with E-state index in [9.17, 15) is 0 Å². The van der Waals surface area contributed by atoms with Gasteiger partial charge >= 0.3 is 0 Å². The molecule has 1 unspecified atom stereocenters. The molecule has 1 atom stereocenters. The first-order valence-corrected chi connectivity index (χ1v) is 7.48. The van der Waals surface area contributed by atoms with Crippen molar-refractivity contribution in [3.05, 3.63) is 35.4 Å². The lowest BCUT2D eigenvalue weighted by Gasteiger charge is -2.26. The van der Waals surface area contributed by atoms with Crippen LogP contribution in [0.1, 0.15) is 24.0 Å². The lowest BCUT2D eigenvalue weighted by Crippen LogP contribution is -2.41. The highest BCUT2D eigenvalue weighted by Crippen LogP contribution is 2.24. The molecule has 1 nitrogen and oxygen atoms in total. The second-order valence-electron chi connectivity index (χ2n) is 4.95. The molecule has 0 amide bonds. The van der Waals surface area contributed by atoms with Crippen LogP contribution in [0.3, 0.4) is 0 Å². The number of hydrogen-bond donors (Lipinski definition) is 1. The molecule has 1 aromatic carbocycles. The summed E-state index contributed by atoms with van der Waals surface area (Å²) >= 11 is 2.11. The molecule has 0 spiro atoms. The quantitative estimate of drug-likeness (QED) is 0.843. The Bertz CT molecular complexity index is 333. The van der Waals surface area contributed by atoms with Crippen LogP contribution in [0.25, 0.3) is 0 Å². The largest absolute Gasteiger partial charge is 0.310 e. The van der Waals surface area contributed by atoms with E-state index in [1.807, 2.05) is 0 Å². The number of rotatable bonds is 2. The summed E-state index contributed by atoms with van der Waals surface area (Å²) in [6, 6.07) is 10.4. The van der Waals surface area contributed by atoms with Crippen LogP contribution in [0.4, 0.5) is 0 Å². The summed E-state index contributed by atoms with van der Waals surface area (Å²) in [5, 5.41) is 3.84. The minimum absolute atomic E-state index is 0.695. The van der Waals surface area contributed by atoms with Crippen LogP contribution in [0.5, 0.6) is 0 Å². The van der Waals surface area contributed by atoms with Gasteiger partial charge in [0.1, 0.15) is 0 Å². The minimum Gasteiger partial charge on any atom is -0.310 e. The Balaban J connectivity index is 1.59. The molecule has 3 rings (SSSR count). The van der Waals surface area contributed by atoms with Gasteiger partial charge in [-0.1, -0.05) is 24.3 Å². The number of thioether (sulfide) groups is 1. The monoisotopic (exact) mass is 233 g/mol. The van der Waals surface area contributed by atoms with Gasteiger partial charge in [0.25, 0.3) is 0 Å². The molecule has 1 fully saturated rings. The Kier molecular flexibility index (Phi) is 3.20. The Hall–Kier alpha value is -0.470. The first kappa shape index (κ1) is 10.7. The zero-order valence-corrected chi connectivity index (χ0v) is 10.4. The van der Waals surface area contributed by atoms with Gasteiger partial charge < -0.3 is 5.32 Å². The van der Waals surface area contributed by atoms with Crippen molar-refractivity contribution in [2.75, 3.05) is 11.5 Å². The fraction of sp³-hybridized carbons (Fsp3) is 0.571. The lowest BCUT2D eigenvalue weighted by atomic mass is 10.1. The first-order valence-electron chi connectivity index (χ1n) is 6.32. The zero-order valence-electron chi connectivity index (χ0n) is 9.61. The summed E-state index contributed by atoms with van der Waals surface area (Å²) < 4.78 is 0. The molecule has 2 aliphatic rings. The second kappa shape index (κ2) is 4.80. The molecular formula is C14H19NS. The SMILES string of the molecule is c1ccc2c(c1)CC(NC1CCCSC1)C2. The predicted octanol–water partition coefficient (Wildman–Crippen LogP) is 2.64. The van der Waals surface area contributed by atoms with E-state index < -0.39 is 0 Å². The van der Waals surface area contributed by atoms with Gasteiger partial charge in [-0.15, -0.1) is 0 Å². The molecule has 1 aliphatic heterocycles. The van der Waals surface area contributed by atoms with E-state index in [0.29, 0.717) is 6.04 Å². The Morgan fingerprint density at radius 3 is 2.44 bits per heavy atom. The average Bonchev–Trinajstić information content (AvgIpc) is 2.72. The Labute approximate surface area is 102 Å². The van der Waals surface area contributed by atoms with Crippen LogP contribution < -0.4 is 5.32 Å². The highest BCUT2D eigenvalue weighted by Gasteiger charge is 2.24. The summed E-state index contributed by atoms with van der Waals surface area (Å²) in [5.74, 6) is 2.68. The van der Waals surface area contributed by atoms with E-state index in [0.717, 1.165) is 6.04 Å². The second-order valence-corrected chi connectivity index (χ2v) is 6.10. The summed E-state index contributed by atoms with van der Waals surface area (Å²) in [6.45, 7) is 0. The van der Waals surface area contributed by atoms with Crippen LogP contribution in [0, 0.1) is 0 Å². The number of hydrogen-bond acceptors (Lipinski definition) is 2. The van der Waals surface area contributed by atoms with E-state index in [4.69, 9.17) is 0 Å². The maximum absolute atomic E-state index is 3.84. The molecule has 2 heteroatoms. The summed E-state index contributed by atoms with van der Waals surface area (Å²) in [7, 11) is 0. The van der Waals surface area contributed by atoms with Crippen molar-refractivity contribution in [2.24, 2.45) is 0 Å². The molecule has 1 aromatic rings. The van der Waals surface area contributed by atoms with E-state index in [1.54, 1.807) is 11.1 Å². The molecule has 1 saturated heterocycles. The number of benzene rings is 1. The fourth-order valence-corrected chi connectivity index (χ4v) is 3.97. The predicted molar refractivity (Wildman–Crippen MR) is 71.1 cm³/mol. The molecule has 16 heavy (non-hydrogen) atoms. The number of fused-ring (bicyclic) bond motifs is 1. The van der Waals surface area contributed by atoms with Gasteiger partial charge in [-0.25, -0.2) is 0 Å². The molecule has 1 heterocycles. The topological polar surface area (TPSA) is 12.0 Å². The van der Waals surface area contributed by atoms with E-state index in [1.165, 1.54) is 37.2 Å². The third-order valence-electron chi connectivity index (χ3n) is 3.68. The van der Waals surface area contributed by atoms with Crippen LogP contribution in [-0.4, -0.2) is 23.6 Å². The normalized spacial score (nSPS) is 25.6. The maximum atomic E-state index is 3.84. The van der Waals surface area contributed by atoms with Gasteiger partial charge in [-0.3, -0.25) is 0 Å². The van der Waals surface area contributed by atoms with Gasteiger partial charge in [0.15, 0.2) is 0 Å². The first-order chi connectivity index (χ1) is 7.92. The molecule has 0 saturated carbocycles. The van der Waals surface area contributed by atoms with Gasteiger partial charge in [0.2, 0.25) is 0 Å². The highest BCUT2D eigenvalue weighted by molar-refractivity contribution is 7.99. The third kappa shape index (κ3) is 2.28. The molecule has 0 aromatic heterocycles. The fourth-order valence-electron chi connectivity index (χ4n) is 2.88. The van der Waals surface area contributed by atoms with Gasteiger partial charge in [0, 0.05) is 17.8 Å². The van der Waals surface area contributed by atoms with Crippen molar-refractivity contribution in [3.8, 4) is 0 Å². The Morgan fingerprint density at radius 2 is 1.81 bits per heavy atom. The lowest BCUT2D eigenvalue weighted by molar-refractivity contribution is 0.433. The molecule has 0 radical (unpaired) electrons. The van der Waals surface area contributed by atoms with Crippen LogP contribution in [-0.2, 0) is 12.8 Å². The van der Waals surface area contributed by atoms with Gasteiger partial charge in [-0.05, 0) is 42.6 Å². The number of nitrogens with one attached hydrogen (secondary N) is 1. The highest BCUT2D eigenvalue weighted by atomic mass is 32.2. The van der Waals surface area contributed by atoms with Crippen LogP contribution in [0.2, 0.25) is 0 Å². The average molecular weight is 233 g/mol. The van der Waals surface area contributed by atoms with Crippen molar-refractivity contribution in [1.29, 1.82) is 0 Å².